The largest absolute Gasteiger partial charge is 0.382 e. The van der Waals surface area contributed by atoms with Gasteiger partial charge in [-0.1, -0.05) is 24.9 Å². The van der Waals surface area contributed by atoms with Gasteiger partial charge >= 0.3 is 0 Å². The normalized spacial score (nSPS) is 10.8. The van der Waals surface area contributed by atoms with Gasteiger partial charge in [0.25, 0.3) is 0 Å². The maximum absolute atomic E-state index is 13.0. The van der Waals surface area contributed by atoms with Gasteiger partial charge in [-0.3, -0.25) is 5.10 Å². The lowest BCUT2D eigenvalue weighted by atomic mass is 10.0. The molecule has 0 aliphatic carbocycles. The quantitative estimate of drug-likeness (QED) is 0.881. The lowest BCUT2D eigenvalue weighted by Crippen LogP contribution is -1.92. The predicted molar refractivity (Wildman–Crippen MR) is 67.4 cm³/mol. The molecule has 0 radical (unpaired) electrons. The molecule has 0 amide bonds. The monoisotopic (exact) mass is 253 g/mol. The molecule has 1 heterocycles. The minimum Gasteiger partial charge on any atom is -0.382 e. The highest BCUT2D eigenvalue weighted by Crippen LogP contribution is 2.34. The summed E-state index contributed by atoms with van der Waals surface area (Å²) in [6.07, 6.45) is 1.79. The van der Waals surface area contributed by atoms with E-state index in [4.69, 9.17) is 17.3 Å². The van der Waals surface area contributed by atoms with Crippen molar-refractivity contribution in [2.24, 2.45) is 0 Å². The fourth-order valence-electron chi connectivity index (χ4n) is 1.82. The van der Waals surface area contributed by atoms with Crippen LogP contribution in [0.2, 0.25) is 5.02 Å². The van der Waals surface area contributed by atoms with Crippen molar-refractivity contribution in [3.8, 4) is 11.1 Å². The summed E-state index contributed by atoms with van der Waals surface area (Å²) in [5.74, 6) is 0.0276. The molecule has 17 heavy (non-hydrogen) atoms. The predicted octanol–water partition coefficient (Wildman–Crippen LogP) is 3.40. The minimum absolute atomic E-state index is 0.343. The third-order valence-electron chi connectivity index (χ3n) is 2.57. The van der Waals surface area contributed by atoms with E-state index in [1.54, 1.807) is 6.07 Å². The van der Waals surface area contributed by atoms with Crippen LogP contribution in [-0.2, 0) is 6.42 Å². The Hall–Kier alpha value is -1.55. The van der Waals surface area contributed by atoms with E-state index in [0.717, 1.165) is 24.1 Å². The fraction of sp³-hybridized carbons (Fsp3) is 0.250. The van der Waals surface area contributed by atoms with Gasteiger partial charge in [-0.25, -0.2) is 4.39 Å². The number of nitrogens with one attached hydrogen (secondary N) is 1. The van der Waals surface area contributed by atoms with E-state index in [0.29, 0.717) is 16.4 Å². The molecule has 90 valence electrons. The van der Waals surface area contributed by atoms with E-state index < -0.39 is 0 Å². The number of benzene rings is 1. The first-order valence-corrected chi connectivity index (χ1v) is 5.79. The number of aromatic amines is 1. The Labute approximate surface area is 104 Å². The highest BCUT2D eigenvalue weighted by Gasteiger charge is 2.15. The van der Waals surface area contributed by atoms with Crippen molar-refractivity contribution in [2.45, 2.75) is 19.8 Å². The molecule has 1 aromatic carbocycles. The summed E-state index contributed by atoms with van der Waals surface area (Å²) in [6.45, 7) is 2.06. The number of anilines is 1. The molecule has 0 atom stereocenters. The van der Waals surface area contributed by atoms with Gasteiger partial charge in [0.05, 0.1) is 5.02 Å². The molecule has 0 saturated carbocycles. The van der Waals surface area contributed by atoms with Crippen LogP contribution in [0.25, 0.3) is 11.1 Å². The summed E-state index contributed by atoms with van der Waals surface area (Å²) < 4.78 is 13.0. The molecule has 5 heteroatoms. The van der Waals surface area contributed by atoms with E-state index in [2.05, 4.69) is 17.1 Å². The summed E-state index contributed by atoms with van der Waals surface area (Å²) in [5.41, 5.74) is 8.23. The van der Waals surface area contributed by atoms with Crippen LogP contribution >= 0.6 is 11.6 Å². The number of aromatic nitrogens is 2. The van der Waals surface area contributed by atoms with Gasteiger partial charge in [0, 0.05) is 16.8 Å². The number of H-pyrrole nitrogens is 1. The van der Waals surface area contributed by atoms with Gasteiger partial charge in [0.1, 0.15) is 5.82 Å². The van der Waals surface area contributed by atoms with Crippen LogP contribution in [0.1, 0.15) is 19.0 Å². The van der Waals surface area contributed by atoms with Gasteiger partial charge in [0.2, 0.25) is 0 Å². The van der Waals surface area contributed by atoms with Crippen LogP contribution in [0.3, 0.4) is 0 Å². The smallest absolute Gasteiger partial charge is 0.153 e. The molecule has 3 N–H and O–H groups in total. The molecule has 0 fully saturated rings. The first kappa shape index (κ1) is 11.9. The Kier molecular flexibility index (Phi) is 3.33. The lowest BCUT2D eigenvalue weighted by molar-refractivity contribution is 0.628. The van der Waals surface area contributed by atoms with Crippen molar-refractivity contribution in [3.05, 3.63) is 34.7 Å². The molecule has 1 aromatic heterocycles. The van der Waals surface area contributed by atoms with Gasteiger partial charge in [-0.05, 0) is 24.6 Å². The van der Waals surface area contributed by atoms with Gasteiger partial charge in [-0.2, -0.15) is 5.10 Å². The van der Waals surface area contributed by atoms with Gasteiger partial charge in [-0.15, -0.1) is 0 Å². The first-order valence-electron chi connectivity index (χ1n) is 5.41. The SMILES string of the molecule is CCCc1[nH]nc(N)c1-c1ccc(F)cc1Cl. The van der Waals surface area contributed by atoms with Crippen molar-refractivity contribution in [2.75, 3.05) is 5.73 Å². The number of hydrogen-bond acceptors (Lipinski definition) is 2. The zero-order valence-electron chi connectivity index (χ0n) is 9.43. The van der Waals surface area contributed by atoms with Crippen molar-refractivity contribution in [1.82, 2.24) is 10.2 Å². The summed E-state index contributed by atoms with van der Waals surface area (Å²) in [6, 6.07) is 4.26. The molecule has 0 spiro atoms. The number of hydrogen-bond donors (Lipinski definition) is 2. The van der Waals surface area contributed by atoms with E-state index >= 15 is 0 Å². The number of nitrogens with zero attached hydrogens (tertiary/aromatic N) is 1. The van der Waals surface area contributed by atoms with Crippen LogP contribution in [0, 0.1) is 5.82 Å². The minimum atomic E-state index is -0.363. The van der Waals surface area contributed by atoms with Crippen LogP contribution < -0.4 is 5.73 Å². The average Bonchev–Trinajstić information content (AvgIpc) is 2.62. The molecule has 3 nitrogen and oxygen atoms in total. The Balaban J connectivity index is 2.55. The second kappa shape index (κ2) is 4.75. The highest BCUT2D eigenvalue weighted by molar-refractivity contribution is 6.33. The molecule has 0 aliphatic rings. The van der Waals surface area contributed by atoms with Crippen LogP contribution in [-0.4, -0.2) is 10.2 Å². The third kappa shape index (κ3) is 2.26. The molecule has 0 aliphatic heterocycles. The van der Waals surface area contributed by atoms with Crippen molar-refractivity contribution in [1.29, 1.82) is 0 Å². The number of nitrogens with two attached hydrogens (primary N) is 1. The lowest BCUT2D eigenvalue weighted by Gasteiger charge is -2.06. The van der Waals surface area contributed by atoms with E-state index in [-0.39, 0.29) is 5.82 Å². The number of rotatable bonds is 3. The third-order valence-corrected chi connectivity index (χ3v) is 2.88. The van der Waals surface area contributed by atoms with Crippen molar-refractivity contribution >= 4 is 17.4 Å². The molecule has 0 saturated heterocycles. The van der Waals surface area contributed by atoms with Crippen molar-refractivity contribution in [3.63, 3.8) is 0 Å². The van der Waals surface area contributed by atoms with Gasteiger partial charge < -0.3 is 5.73 Å². The molecular formula is C12H13ClFN3. The zero-order valence-corrected chi connectivity index (χ0v) is 10.2. The Morgan fingerprint density at radius 2 is 2.24 bits per heavy atom. The fourth-order valence-corrected chi connectivity index (χ4v) is 2.08. The molecule has 2 aromatic rings. The van der Waals surface area contributed by atoms with Crippen LogP contribution in [0.4, 0.5) is 10.2 Å². The summed E-state index contributed by atoms with van der Waals surface area (Å²) >= 11 is 6.03. The van der Waals surface area contributed by atoms with E-state index in [1.165, 1.54) is 12.1 Å². The maximum atomic E-state index is 13.0. The Morgan fingerprint density at radius 3 is 2.88 bits per heavy atom. The Morgan fingerprint density at radius 1 is 1.47 bits per heavy atom. The van der Waals surface area contributed by atoms with E-state index in [1.807, 2.05) is 0 Å². The molecule has 0 unspecified atom stereocenters. The Bertz CT molecular complexity index is 537. The number of aryl methyl sites for hydroxylation is 1. The summed E-state index contributed by atoms with van der Waals surface area (Å²) in [4.78, 5) is 0. The van der Waals surface area contributed by atoms with Gasteiger partial charge in [0.15, 0.2) is 5.82 Å². The molecule has 2 rings (SSSR count). The second-order valence-corrected chi connectivity index (χ2v) is 4.24. The standard InChI is InChI=1S/C12H13ClFN3/c1-2-3-10-11(12(15)17-16-10)8-5-4-7(14)6-9(8)13/h4-6H,2-3H2,1H3,(H3,15,16,17). The summed E-state index contributed by atoms with van der Waals surface area (Å²) in [5, 5.41) is 7.21. The zero-order chi connectivity index (χ0) is 12.4. The highest BCUT2D eigenvalue weighted by atomic mass is 35.5. The molecular weight excluding hydrogens is 241 g/mol. The van der Waals surface area contributed by atoms with Crippen molar-refractivity contribution < 1.29 is 4.39 Å². The number of nitrogen functional groups attached to an aromatic ring is 1. The van der Waals surface area contributed by atoms with Crippen LogP contribution in [0.5, 0.6) is 0 Å². The molecule has 0 bridgehead atoms. The number of halogens is 2. The maximum Gasteiger partial charge on any atom is 0.153 e. The van der Waals surface area contributed by atoms with Crippen LogP contribution in [0.15, 0.2) is 18.2 Å². The topological polar surface area (TPSA) is 54.7 Å². The second-order valence-electron chi connectivity index (χ2n) is 3.84. The average molecular weight is 254 g/mol. The summed E-state index contributed by atoms with van der Waals surface area (Å²) in [7, 11) is 0. The van der Waals surface area contributed by atoms with E-state index in [9.17, 15) is 4.39 Å². The first-order chi connectivity index (χ1) is 8.13.